The number of hydrogen-bond donors (Lipinski definition) is 2. The zero-order valence-corrected chi connectivity index (χ0v) is 10.0. The van der Waals surface area contributed by atoms with Gasteiger partial charge in [-0.25, -0.2) is 0 Å². The summed E-state index contributed by atoms with van der Waals surface area (Å²) in [6.45, 7) is 6.42. The second-order valence-electron chi connectivity index (χ2n) is 4.65. The molecule has 0 aromatic heterocycles. The Morgan fingerprint density at radius 1 is 1.67 bits per heavy atom. The number of carboxylic acids is 1. The van der Waals surface area contributed by atoms with Gasteiger partial charge in [0.05, 0.1) is 4.87 Å². The molecule has 0 saturated carbocycles. The van der Waals surface area contributed by atoms with E-state index >= 15 is 0 Å². The minimum Gasteiger partial charge on any atom is -0.480 e. The van der Waals surface area contributed by atoms with Crippen LogP contribution in [0.2, 0.25) is 0 Å². The molecule has 2 fully saturated rings. The molecule has 2 heterocycles. The molecular formula is C10H18N2O2S. The van der Waals surface area contributed by atoms with Gasteiger partial charge in [-0.05, 0) is 20.3 Å². The molecule has 1 spiro atoms. The molecule has 4 nitrogen and oxygen atoms in total. The molecule has 0 aromatic carbocycles. The first-order valence-corrected chi connectivity index (χ1v) is 6.39. The Bertz CT molecular complexity index is 272. The Kier molecular flexibility index (Phi) is 2.96. The Labute approximate surface area is 94.4 Å². The average Bonchev–Trinajstić information content (AvgIpc) is 2.74. The smallest absolute Gasteiger partial charge is 0.321 e. The fourth-order valence-corrected chi connectivity index (χ4v) is 3.69. The lowest BCUT2D eigenvalue weighted by molar-refractivity contribution is -0.138. The summed E-state index contributed by atoms with van der Waals surface area (Å²) in [7, 11) is 0. The highest BCUT2D eigenvalue weighted by Crippen LogP contribution is 2.38. The lowest BCUT2D eigenvalue weighted by Gasteiger charge is -2.26. The first kappa shape index (κ1) is 11.2. The van der Waals surface area contributed by atoms with Crippen LogP contribution in [-0.2, 0) is 4.79 Å². The van der Waals surface area contributed by atoms with E-state index in [1.807, 2.05) is 0 Å². The van der Waals surface area contributed by atoms with Crippen LogP contribution in [0.3, 0.4) is 0 Å². The highest BCUT2D eigenvalue weighted by Gasteiger charge is 2.46. The van der Waals surface area contributed by atoms with Gasteiger partial charge in [0.1, 0.15) is 6.04 Å². The van der Waals surface area contributed by atoms with Gasteiger partial charge in [0, 0.05) is 24.9 Å². The zero-order chi connectivity index (χ0) is 11.1. The minimum atomic E-state index is -0.720. The molecule has 1 unspecified atom stereocenters. The van der Waals surface area contributed by atoms with Crippen molar-refractivity contribution in [3.8, 4) is 0 Å². The van der Waals surface area contributed by atoms with Gasteiger partial charge in [0.25, 0.3) is 0 Å². The average molecular weight is 230 g/mol. The van der Waals surface area contributed by atoms with Crippen LogP contribution < -0.4 is 5.32 Å². The van der Waals surface area contributed by atoms with Gasteiger partial charge in [-0.3, -0.25) is 15.0 Å². The van der Waals surface area contributed by atoms with Crippen LogP contribution in [0.15, 0.2) is 0 Å². The van der Waals surface area contributed by atoms with Crippen LogP contribution in [0.5, 0.6) is 0 Å². The van der Waals surface area contributed by atoms with Crippen molar-refractivity contribution in [3.05, 3.63) is 0 Å². The SMILES string of the molecule is CC(C)N1CCC2(C1)N[C@H](C(=O)O)CS2. The summed E-state index contributed by atoms with van der Waals surface area (Å²) in [5.74, 6) is -0.0243. The van der Waals surface area contributed by atoms with Gasteiger partial charge in [0.2, 0.25) is 0 Å². The topological polar surface area (TPSA) is 52.6 Å². The highest BCUT2D eigenvalue weighted by atomic mass is 32.2. The van der Waals surface area contributed by atoms with Gasteiger partial charge in [-0.1, -0.05) is 0 Å². The van der Waals surface area contributed by atoms with E-state index in [0.717, 1.165) is 19.5 Å². The van der Waals surface area contributed by atoms with Gasteiger partial charge in [-0.15, -0.1) is 11.8 Å². The number of hydrogen-bond acceptors (Lipinski definition) is 4. The number of likely N-dealkylation sites (tertiary alicyclic amines) is 1. The van der Waals surface area contributed by atoms with Crippen LogP contribution in [0, 0.1) is 0 Å². The van der Waals surface area contributed by atoms with E-state index < -0.39 is 5.97 Å². The molecule has 2 atom stereocenters. The van der Waals surface area contributed by atoms with Crippen molar-refractivity contribution in [1.82, 2.24) is 10.2 Å². The first-order valence-electron chi connectivity index (χ1n) is 5.41. The molecule has 15 heavy (non-hydrogen) atoms. The molecule has 0 amide bonds. The van der Waals surface area contributed by atoms with Gasteiger partial charge < -0.3 is 5.11 Å². The summed E-state index contributed by atoms with van der Waals surface area (Å²) in [6.07, 6.45) is 1.06. The maximum atomic E-state index is 10.9. The van der Waals surface area contributed by atoms with E-state index in [-0.39, 0.29) is 10.9 Å². The van der Waals surface area contributed by atoms with Crippen LogP contribution in [0.25, 0.3) is 0 Å². The second-order valence-corrected chi connectivity index (χ2v) is 6.06. The normalized spacial score (nSPS) is 36.9. The molecule has 2 aliphatic rings. The molecule has 2 saturated heterocycles. The predicted octanol–water partition coefficient (Wildman–Crippen LogP) is 0.586. The highest BCUT2D eigenvalue weighted by molar-refractivity contribution is 8.01. The maximum Gasteiger partial charge on any atom is 0.321 e. The number of nitrogens with zero attached hydrogens (tertiary/aromatic N) is 1. The van der Waals surface area contributed by atoms with Crippen LogP contribution in [0.4, 0.5) is 0 Å². The van der Waals surface area contributed by atoms with E-state index in [1.54, 1.807) is 11.8 Å². The van der Waals surface area contributed by atoms with Crippen molar-refractivity contribution in [2.75, 3.05) is 18.8 Å². The fourth-order valence-electron chi connectivity index (χ4n) is 2.26. The first-order chi connectivity index (χ1) is 7.02. The summed E-state index contributed by atoms with van der Waals surface area (Å²) in [5.41, 5.74) is 0. The van der Waals surface area contributed by atoms with Crippen molar-refractivity contribution < 1.29 is 9.90 Å². The van der Waals surface area contributed by atoms with E-state index in [4.69, 9.17) is 5.11 Å². The third kappa shape index (κ3) is 2.14. The summed E-state index contributed by atoms with van der Waals surface area (Å²) in [4.78, 5) is 13.3. The Balaban J connectivity index is 1.98. The van der Waals surface area contributed by atoms with E-state index in [2.05, 4.69) is 24.1 Å². The lowest BCUT2D eigenvalue weighted by Crippen LogP contribution is -2.47. The molecule has 2 N–H and O–H groups in total. The number of nitrogens with one attached hydrogen (secondary N) is 1. The number of rotatable bonds is 2. The monoisotopic (exact) mass is 230 g/mol. The number of aliphatic carboxylic acids is 1. The number of carbonyl (C=O) groups is 1. The van der Waals surface area contributed by atoms with Crippen molar-refractivity contribution >= 4 is 17.7 Å². The predicted molar refractivity (Wildman–Crippen MR) is 61.1 cm³/mol. The third-order valence-electron chi connectivity index (χ3n) is 3.25. The molecule has 2 rings (SSSR count). The van der Waals surface area contributed by atoms with E-state index in [0.29, 0.717) is 11.8 Å². The molecule has 5 heteroatoms. The number of thioether (sulfide) groups is 1. The summed E-state index contributed by atoms with van der Waals surface area (Å²) in [6, 6.07) is 0.192. The standard InChI is InChI=1S/C10H18N2O2S/c1-7(2)12-4-3-10(6-12)11-8(5-15-10)9(13)14/h7-8,11H,3-6H2,1-2H3,(H,13,14)/t8-,10?/m0/s1. The second kappa shape index (κ2) is 3.96. The Hall–Kier alpha value is -0.260. The van der Waals surface area contributed by atoms with Crippen LogP contribution in [-0.4, -0.2) is 51.8 Å². The van der Waals surface area contributed by atoms with Crippen molar-refractivity contribution in [2.24, 2.45) is 0 Å². The van der Waals surface area contributed by atoms with Gasteiger partial charge in [0.15, 0.2) is 0 Å². The van der Waals surface area contributed by atoms with Crippen molar-refractivity contribution in [1.29, 1.82) is 0 Å². The molecule has 0 aromatic rings. The summed E-state index contributed by atoms with van der Waals surface area (Å²) >= 11 is 1.78. The number of carboxylic acid groups (broad SMARTS) is 1. The zero-order valence-electron chi connectivity index (χ0n) is 9.19. The van der Waals surface area contributed by atoms with Crippen molar-refractivity contribution in [2.45, 2.75) is 37.2 Å². The van der Waals surface area contributed by atoms with E-state index in [9.17, 15) is 4.79 Å². The Morgan fingerprint density at radius 2 is 2.40 bits per heavy atom. The molecule has 0 aliphatic carbocycles. The minimum absolute atomic E-state index is 0.00727. The molecule has 0 radical (unpaired) electrons. The quantitative estimate of drug-likeness (QED) is 0.727. The van der Waals surface area contributed by atoms with E-state index in [1.165, 1.54) is 0 Å². The lowest BCUT2D eigenvalue weighted by atomic mass is 10.2. The van der Waals surface area contributed by atoms with Gasteiger partial charge in [-0.2, -0.15) is 0 Å². The molecule has 0 bridgehead atoms. The molecular weight excluding hydrogens is 212 g/mol. The fraction of sp³-hybridized carbons (Fsp3) is 0.900. The maximum absolute atomic E-state index is 10.9. The summed E-state index contributed by atoms with van der Waals surface area (Å²) < 4.78 is 0. The molecule has 2 aliphatic heterocycles. The Morgan fingerprint density at radius 3 is 2.87 bits per heavy atom. The van der Waals surface area contributed by atoms with Crippen molar-refractivity contribution in [3.63, 3.8) is 0 Å². The summed E-state index contributed by atoms with van der Waals surface area (Å²) in [5, 5.41) is 12.2. The molecule has 86 valence electrons. The van der Waals surface area contributed by atoms with Crippen LogP contribution >= 0.6 is 11.8 Å². The largest absolute Gasteiger partial charge is 0.480 e. The van der Waals surface area contributed by atoms with Crippen LogP contribution in [0.1, 0.15) is 20.3 Å². The third-order valence-corrected chi connectivity index (χ3v) is 4.76. The van der Waals surface area contributed by atoms with Gasteiger partial charge >= 0.3 is 5.97 Å².